The number of rotatable bonds is 7. The molecule has 1 aromatic heterocycles. The Kier molecular flexibility index (Phi) is 8.08. The summed E-state index contributed by atoms with van der Waals surface area (Å²) in [5.74, 6) is -0.404. The molecule has 2 aliphatic heterocycles. The van der Waals surface area contributed by atoms with Gasteiger partial charge in [-0.05, 0) is 75.9 Å². The highest BCUT2D eigenvalue weighted by Crippen LogP contribution is 2.38. The van der Waals surface area contributed by atoms with E-state index in [1.165, 1.54) is 30.9 Å². The molecule has 6 nitrogen and oxygen atoms in total. The second-order valence-corrected chi connectivity index (χ2v) is 10.7. The zero-order valence-electron chi connectivity index (χ0n) is 21.1. The number of nitrogens with zero attached hydrogens (tertiary/aromatic N) is 3. The third kappa shape index (κ3) is 6.59. The van der Waals surface area contributed by atoms with Crippen molar-refractivity contribution in [2.24, 2.45) is 11.3 Å². The number of hydrogen-bond acceptors (Lipinski definition) is 5. The molecule has 202 valence electrons. The van der Waals surface area contributed by atoms with Crippen LogP contribution in [0.25, 0.3) is 11.1 Å². The van der Waals surface area contributed by atoms with Gasteiger partial charge in [0.05, 0.1) is 23.7 Å². The fourth-order valence-corrected chi connectivity index (χ4v) is 4.76. The molecule has 1 aromatic carbocycles. The van der Waals surface area contributed by atoms with E-state index in [4.69, 9.17) is 4.74 Å². The van der Waals surface area contributed by atoms with Gasteiger partial charge in [0.2, 0.25) is 5.88 Å². The number of piperidine rings is 1. The van der Waals surface area contributed by atoms with Crippen LogP contribution in [0.4, 0.5) is 17.6 Å². The minimum atomic E-state index is -4.23. The minimum Gasteiger partial charge on any atom is -0.477 e. The lowest BCUT2D eigenvalue weighted by Gasteiger charge is -2.38. The first kappa shape index (κ1) is 27.3. The minimum absolute atomic E-state index is 0.00971. The predicted octanol–water partition coefficient (Wildman–Crippen LogP) is 4.77. The number of likely N-dealkylation sites (tertiary alicyclic amines) is 2. The maximum Gasteiger partial charge on any atom is 0.395 e. The maximum atomic E-state index is 14.7. The van der Waals surface area contributed by atoms with E-state index in [-0.39, 0.29) is 24.6 Å². The molecule has 1 atom stereocenters. The SMILES string of the molecule is CC(C)(CN1CCC(COc2ccc(-c3ccc(C(=O)N4CCC(O)C4)c(F)c3)cn2)CC1)C(F)(F)F. The fraction of sp³-hybridized carbons (Fsp3) is 0.556. The topological polar surface area (TPSA) is 65.9 Å². The average Bonchev–Trinajstić information content (AvgIpc) is 3.29. The maximum absolute atomic E-state index is 14.7. The van der Waals surface area contributed by atoms with Gasteiger partial charge in [0, 0.05) is 37.5 Å². The van der Waals surface area contributed by atoms with E-state index in [0.717, 1.165) is 12.8 Å². The first-order valence-electron chi connectivity index (χ1n) is 12.6. The Morgan fingerprint density at radius 2 is 1.78 bits per heavy atom. The number of aromatic nitrogens is 1. The van der Waals surface area contributed by atoms with Gasteiger partial charge in [0.25, 0.3) is 5.91 Å². The molecule has 2 aromatic rings. The van der Waals surface area contributed by atoms with E-state index in [2.05, 4.69) is 4.98 Å². The van der Waals surface area contributed by atoms with Crippen LogP contribution in [0.2, 0.25) is 0 Å². The molecule has 0 saturated carbocycles. The van der Waals surface area contributed by atoms with Crippen molar-refractivity contribution in [1.82, 2.24) is 14.8 Å². The zero-order valence-corrected chi connectivity index (χ0v) is 21.1. The van der Waals surface area contributed by atoms with Crippen molar-refractivity contribution in [2.75, 3.05) is 39.3 Å². The Labute approximate surface area is 214 Å². The summed E-state index contributed by atoms with van der Waals surface area (Å²) < 4.78 is 60.0. The molecule has 37 heavy (non-hydrogen) atoms. The first-order valence-corrected chi connectivity index (χ1v) is 12.6. The van der Waals surface area contributed by atoms with Gasteiger partial charge >= 0.3 is 6.18 Å². The number of carbonyl (C=O) groups is 1. The van der Waals surface area contributed by atoms with E-state index in [1.807, 2.05) is 4.90 Å². The number of aliphatic hydroxyl groups excluding tert-OH is 1. The van der Waals surface area contributed by atoms with Gasteiger partial charge in [-0.1, -0.05) is 6.07 Å². The lowest BCUT2D eigenvalue weighted by atomic mass is 9.89. The second-order valence-electron chi connectivity index (χ2n) is 10.7. The smallest absolute Gasteiger partial charge is 0.395 e. The molecular formula is C27H33F4N3O3. The molecule has 10 heteroatoms. The number of amides is 1. The number of carbonyl (C=O) groups excluding carboxylic acids is 1. The summed E-state index contributed by atoms with van der Waals surface area (Å²) in [6.07, 6.45) is -1.22. The average molecular weight is 524 g/mol. The van der Waals surface area contributed by atoms with Crippen LogP contribution in [0.1, 0.15) is 43.5 Å². The van der Waals surface area contributed by atoms with Gasteiger partial charge in [-0.15, -0.1) is 0 Å². The number of pyridine rings is 1. The fourth-order valence-electron chi connectivity index (χ4n) is 4.76. The van der Waals surface area contributed by atoms with E-state index in [0.29, 0.717) is 49.7 Å². The van der Waals surface area contributed by atoms with Gasteiger partial charge in [-0.3, -0.25) is 4.79 Å². The third-order valence-electron chi connectivity index (χ3n) is 7.28. The van der Waals surface area contributed by atoms with Crippen LogP contribution in [0.15, 0.2) is 36.5 Å². The Morgan fingerprint density at radius 3 is 2.35 bits per heavy atom. The highest BCUT2D eigenvalue weighted by Gasteiger charge is 2.48. The van der Waals surface area contributed by atoms with Crippen LogP contribution in [0.3, 0.4) is 0 Å². The van der Waals surface area contributed by atoms with E-state index < -0.39 is 29.4 Å². The first-order chi connectivity index (χ1) is 17.4. The summed E-state index contributed by atoms with van der Waals surface area (Å²) in [5, 5.41) is 9.62. The molecule has 1 amide bonds. The highest BCUT2D eigenvalue weighted by atomic mass is 19.4. The lowest BCUT2D eigenvalue weighted by molar-refractivity contribution is -0.217. The predicted molar refractivity (Wildman–Crippen MR) is 131 cm³/mol. The molecule has 1 unspecified atom stereocenters. The molecule has 0 bridgehead atoms. The van der Waals surface area contributed by atoms with Crippen LogP contribution in [-0.4, -0.2) is 77.4 Å². The molecule has 0 radical (unpaired) electrons. The van der Waals surface area contributed by atoms with Crippen molar-refractivity contribution >= 4 is 5.91 Å². The molecule has 0 spiro atoms. The molecular weight excluding hydrogens is 490 g/mol. The molecule has 2 fully saturated rings. The summed E-state index contributed by atoms with van der Waals surface area (Å²) in [6, 6.07) is 7.86. The molecule has 2 saturated heterocycles. The standard InChI is InChI=1S/C27H33F4N3O3/c1-26(2,27(29,30)31)17-33-10-7-18(8-11-33)16-37-24-6-4-20(14-32-24)19-3-5-22(23(28)13-19)25(36)34-12-9-21(35)15-34/h3-6,13-14,18,21,35H,7-12,15-17H2,1-2H3. The van der Waals surface area contributed by atoms with E-state index in [9.17, 15) is 27.5 Å². The van der Waals surface area contributed by atoms with Crippen molar-refractivity contribution in [3.63, 3.8) is 0 Å². The third-order valence-corrected chi connectivity index (χ3v) is 7.28. The van der Waals surface area contributed by atoms with Gasteiger partial charge < -0.3 is 19.6 Å². The molecule has 2 aliphatic rings. The van der Waals surface area contributed by atoms with Crippen LogP contribution < -0.4 is 4.74 Å². The summed E-state index contributed by atoms with van der Waals surface area (Å²) in [5.41, 5.74) is -0.525. The van der Waals surface area contributed by atoms with Crippen molar-refractivity contribution < 1.29 is 32.2 Å². The number of halogens is 4. The number of benzene rings is 1. The summed E-state index contributed by atoms with van der Waals surface area (Å²) >= 11 is 0. The van der Waals surface area contributed by atoms with Gasteiger partial charge in [-0.25, -0.2) is 9.37 Å². The van der Waals surface area contributed by atoms with Crippen molar-refractivity contribution in [3.05, 3.63) is 47.9 Å². The van der Waals surface area contributed by atoms with E-state index in [1.54, 1.807) is 24.4 Å². The van der Waals surface area contributed by atoms with Gasteiger partial charge in [-0.2, -0.15) is 13.2 Å². The largest absolute Gasteiger partial charge is 0.477 e. The molecule has 3 heterocycles. The number of aliphatic hydroxyl groups is 1. The van der Waals surface area contributed by atoms with Crippen molar-refractivity contribution in [2.45, 2.75) is 45.4 Å². The number of β-amino-alcohol motifs (C(OH)–C–C–N with tert-alkyl or cyclic N) is 1. The van der Waals surface area contributed by atoms with Gasteiger partial charge in [0.1, 0.15) is 5.82 Å². The Bertz CT molecular complexity index is 1080. The lowest BCUT2D eigenvalue weighted by Crippen LogP contribution is -2.46. The Hall–Kier alpha value is -2.72. The highest BCUT2D eigenvalue weighted by molar-refractivity contribution is 5.95. The van der Waals surface area contributed by atoms with Crippen LogP contribution in [0, 0.1) is 17.2 Å². The Morgan fingerprint density at radius 1 is 1.08 bits per heavy atom. The van der Waals surface area contributed by atoms with Crippen LogP contribution in [-0.2, 0) is 0 Å². The van der Waals surface area contributed by atoms with Crippen LogP contribution in [0.5, 0.6) is 5.88 Å². The van der Waals surface area contributed by atoms with Crippen molar-refractivity contribution in [3.8, 4) is 17.0 Å². The van der Waals surface area contributed by atoms with Crippen molar-refractivity contribution in [1.29, 1.82) is 0 Å². The Balaban J connectivity index is 1.27. The van der Waals surface area contributed by atoms with Gasteiger partial charge in [0.15, 0.2) is 0 Å². The second kappa shape index (κ2) is 10.9. The monoisotopic (exact) mass is 523 g/mol. The summed E-state index contributed by atoms with van der Waals surface area (Å²) in [7, 11) is 0. The number of alkyl halides is 3. The van der Waals surface area contributed by atoms with E-state index >= 15 is 0 Å². The van der Waals surface area contributed by atoms with Crippen LogP contribution >= 0.6 is 0 Å². The quantitative estimate of drug-likeness (QED) is 0.530. The number of hydrogen-bond donors (Lipinski definition) is 1. The number of ether oxygens (including phenoxy) is 1. The summed E-state index contributed by atoms with van der Waals surface area (Å²) in [4.78, 5) is 20.1. The molecule has 4 rings (SSSR count). The summed E-state index contributed by atoms with van der Waals surface area (Å²) in [6.45, 7) is 4.71. The molecule has 0 aliphatic carbocycles. The normalized spacial score (nSPS) is 19.9. The molecule has 1 N–H and O–H groups in total. The zero-order chi connectivity index (χ0) is 26.8.